The van der Waals surface area contributed by atoms with Crippen molar-refractivity contribution in [3.8, 4) is 11.1 Å². The number of nitrogens with zero attached hydrogens (tertiary/aromatic N) is 4. The molecule has 1 heterocycles. The van der Waals surface area contributed by atoms with E-state index >= 15 is 0 Å². The highest BCUT2D eigenvalue weighted by Crippen LogP contribution is 2.31. The summed E-state index contributed by atoms with van der Waals surface area (Å²) in [7, 11) is 4.06. The summed E-state index contributed by atoms with van der Waals surface area (Å²) < 4.78 is 0. The predicted molar refractivity (Wildman–Crippen MR) is 123 cm³/mol. The fourth-order valence-electron chi connectivity index (χ4n) is 2.91. The van der Waals surface area contributed by atoms with Gasteiger partial charge in [0, 0.05) is 18.3 Å². The summed E-state index contributed by atoms with van der Waals surface area (Å²) >= 11 is 12.4. The average Bonchev–Trinajstić information content (AvgIpc) is 2.71. The molecule has 2 aromatic carbocycles. The number of benzene rings is 2. The summed E-state index contributed by atoms with van der Waals surface area (Å²) in [4.78, 5) is 6.41. The van der Waals surface area contributed by atoms with Gasteiger partial charge in [0.1, 0.15) is 5.82 Å². The third kappa shape index (κ3) is 5.13. The fraction of sp³-hybridized carbons (Fsp3) is 0.143. The van der Waals surface area contributed by atoms with Crippen LogP contribution in [0, 0.1) is 5.53 Å². The third-order valence-corrected chi connectivity index (χ3v) is 5.13. The molecule has 9 heteroatoms. The second-order valence-electron chi connectivity index (χ2n) is 6.87. The van der Waals surface area contributed by atoms with Gasteiger partial charge >= 0.3 is 0 Å². The molecule has 0 aliphatic carbocycles. The van der Waals surface area contributed by atoms with Crippen LogP contribution in [0.25, 0.3) is 11.1 Å². The second-order valence-corrected chi connectivity index (χ2v) is 7.65. The first kappa shape index (κ1) is 21.7. The molecule has 30 heavy (non-hydrogen) atoms. The van der Waals surface area contributed by atoms with Gasteiger partial charge in [-0.1, -0.05) is 58.8 Å². The topological polar surface area (TPSA) is 103 Å². The minimum Gasteiger partial charge on any atom is -0.383 e. The van der Waals surface area contributed by atoms with Crippen molar-refractivity contribution < 1.29 is 0 Å². The first-order chi connectivity index (χ1) is 14.4. The van der Waals surface area contributed by atoms with Crippen LogP contribution in [0.3, 0.4) is 0 Å². The Morgan fingerprint density at radius 1 is 1.13 bits per heavy atom. The van der Waals surface area contributed by atoms with E-state index in [1.165, 1.54) is 5.56 Å². The smallest absolute Gasteiger partial charge is 0.165 e. The van der Waals surface area contributed by atoms with E-state index in [0.717, 1.165) is 17.7 Å². The van der Waals surface area contributed by atoms with Gasteiger partial charge in [-0.25, -0.2) is 4.98 Å². The van der Waals surface area contributed by atoms with E-state index in [1.54, 1.807) is 24.4 Å². The maximum Gasteiger partial charge on any atom is 0.165 e. The molecule has 4 N–H and O–H groups in total. The Labute approximate surface area is 185 Å². The Hall–Kier alpha value is -3.00. The van der Waals surface area contributed by atoms with Crippen molar-refractivity contribution in [2.45, 2.75) is 6.54 Å². The largest absolute Gasteiger partial charge is 0.383 e. The van der Waals surface area contributed by atoms with Crippen LogP contribution in [0.1, 0.15) is 11.1 Å². The van der Waals surface area contributed by atoms with Crippen LogP contribution in [-0.4, -0.2) is 29.8 Å². The molecule has 0 atom stereocenters. The third-order valence-electron chi connectivity index (χ3n) is 4.31. The highest BCUT2D eigenvalue weighted by Gasteiger charge is 2.14. The van der Waals surface area contributed by atoms with Crippen LogP contribution in [-0.2, 0) is 6.54 Å². The summed E-state index contributed by atoms with van der Waals surface area (Å²) in [5.41, 5.74) is 17.3. The average molecular weight is 442 g/mol. The number of nitrogens with two attached hydrogens (primary N) is 1. The molecule has 0 saturated heterocycles. The number of anilines is 2. The van der Waals surface area contributed by atoms with Crippen molar-refractivity contribution in [1.82, 2.24) is 9.88 Å². The summed E-state index contributed by atoms with van der Waals surface area (Å²) in [5.74, 6) is 0.487. The lowest BCUT2D eigenvalue weighted by atomic mass is 10.0. The number of hydrogen-bond acceptors (Lipinski definition) is 5. The van der Waals surface area contributed by atoms with Crippen LogP contribution in [0.15, 0.2) is 65.1 Å². The monoisotopic (exact) mass is 441 g/mol. The molecule has 0 spiro atoms. The van der Waals surface area contributed by atoms with E-state index in [4.69, 9.17) is 34.5 Å². The lowest BCUT2D eigenvalue weighted by molar-refractivity contribution is 0.402. The van der Waals surface area contributed by atoms with Crippen molar-refractivity contribution >= 4 is 40.5 Å². The van der Waals surface area contributed by atoms with Gasteiger partial charge in [0.05, 0.1) is 21.3 Å². The Bertz CT molecular complexity index is 1080. The molecular formula is C21H21Cl2N7. The SMILES string of the molecule is CN(C)Cc1ccc(-c2cnc(N)c(/C(=N/N=N)Nc3cccc(Cl)c3Cl)c2)cc1. The molecule has 3 aromatic rings. The van der Waals surface area contributed by atoms with Crippen molar-refractivity contribution in [2.75, 3.05) is 25.1 Å². The number of amidine groups is 1. The number of aromatic nitrogens is 1. The van der Waals surface area contributed by atoms with E-state index < -0.39 is 0 Å². The van der Waals surface area contributed by atoms with Crippen LogP contribution >= 0.6 is 23.2 Å². The van der Waals surface area contributed by atoms with Crippen LogP contribution < -0.4 is 11.1 Å². The summed E-state index contributed by atoms with van der Waals surface area (Å²) in [5, 5.41) is 10.8. The van der Waals surface area contributed by atoms with Gasteiger partial charge in [-0.2, -0.15) is 5.53 Å². The maximum absolute atomic E-state index is 7.19. The molecule has 0 saturated carbocycles. The van der Waals surface area contributed by atoms with Crippen LogP contribution in [0.5, 0.6) is 0 Å². The van der Waals surface area contributed by atoms with E-state index in [1.807, 2.05) is 32.3 Å². The quantitative estimate of drug-likeness (QED) is 0.203. The van der Waals surface area contributed by atoms with E-state index in [2.05, 4.69) is 37.7 Å². The van der Waals surface area contributed by atoms with Crippen molar-refractivity contribution in [3.05, 3.63) is 75.9 Å². The van der Waals surface area contributed by atoms with Gasteiger partial charge in [-0.3, -0.25) is 0 Å². The van der Waals surface area contributed by atoms with E-state index in [9.17, 15) is 0 Å². The van der Waals surface area contributed by atoms with Crippen molar-refractivity contribution in [1.29, 1.82) is 5.53 Å². The zero-order valence-electron chi connectivity index (χ0n) is 16.5. The summed E-state index contributed by atoms with van der Waals surface area (Å²) in [6, 6.07) is 15.2. The first-order valence-corrected chi connectivity index (χ1v) is 9.80. The summed E-state index contributed by atoms with van der Waals surface area (Å²) in [6.45, 7) is 0.859. The molecule has 7 nitrogen and oxygen atoms in total. The van der Waals surface area contributed by atoms with Gasteiger partial charge in [-0.15, -0.1) is 5.10 Å². The van der Waals surface area contributed by atoms with Gasteiger partial charge < -0.3 is 16.0 Å². The number of nitrogen functional groups attached to an aromatic ring is 1. The minimum absolute atomic E-state index is 0.241. The minimum atomic E-state index is 0.241. The predicted octanol–water partition coefficient (Wildman–Crippen LogP) is 5.50. The standard InChI is InChI=1S/C21H21Cl2N7/c1-30(2)12-13-6-8-14(9-7-13)15-10-16(20(24)26-11-15)21(28-29-25)27-18-5-3-4-17(22)19(18)23/h3-11H,12H2,1-2H3,(H2,24,26)(H2,25,27,28). The molecule has 0 bridgehead atoms. The molecule has 0 aliphatic heterocycles. The van der Waals surface area contributed by atoms with Gasteiger partial charge in [-0.05, 0) is 43.4 Å². The molecule has 3 rings (SSSR count). The van der Waals surface area contributed by atoms with Crippen LogP contribution in [0.2, 0.25) is 10.0 Å². The Kier molecular flexibility index (Phi) is 6.99. The number of pyridine rings is 1. The highest BCUT2D eigenvalue weighted by molar-refractivity contribution is 6.44. The Morgan fingerprint density at radius 2 is 1.87 bits per heavy atom. The number of halogens is 2. The van der Waals surface area contributed by atoms with E-state index in [0.29, 0.717) is 21.3 Å². The molecular weight excluding hydrogens is 421 g/mol. The highest BCUT2D eigenvalue weighted by atomic mass is 35.5. The number of rotatable bonds is 6. The van der Waals surface area contributed by atoms with Crippen molar-refractivity contribution in [3.63, 3.8) is 0 Å². The second kappa shape index (κ2) is 9.67. The number of nitrogens with one attached hydrogen (secondary N) is 2. The Morgan fingerprint density at radius 3 is 2.53 bits per heavy atom. The molecule has 0 aliphatic rings. The zero-order valence-corrected chi connectivity index (χ0v) is 18.0. The van der Waals surface area contributed by atoms with Gasteiger partial charge in [0.25, 0.3) is 0 Å². The summed E-state index contributed by atoms with van der Waals surface area (Å²) in [6.07, 6.45) is 1.70. The number of hydrogen-bond donors (Lipinski definition) is 3. The lowest BCUT2D eigenvalue weighted by Crippen LogP contribution is -2.16. The molecule has 1 aromatic heterocycles. The zero-order chi connectivity index (χ0) is 21.7. The van der Waals surface area contributed by atoms with Gasteiger partial charge in [0.15, 0.2) is 5.84 Å². The molecule has 0 amide bonds. The van der Waals surface area contributed by atoms with Gasteiger partial charge in [0.2, 0.25) is 0 Å². The fourth-order valence-corrected chi connectivity index (χ4v) is 3.26. The van der Waals surface area contributed by atoms with E-state index in [-0.39, 0.29) is 11.7 Å². The first-order valence-electron chi connectivity index (χ1n) is 9.04. The maximum atomic E-state index is 7.19. The Balaban J connectivity index is 1.96. The molecule has 154 valence electrons. The molecule has 0 radical (unpaired) electrons. The van der Waals surface area contributed by atoms with Crippen LogP contribution in [0.4, 0.5) is 11.5 Å². The molecule has 0 fully saturated rings. The normalized spacial score (nSPS) is 11.6. The molecule has 0 unspecified atom stereocenters. The lowest BCUT2D eigenvalue weighted by Gasteiger charge is -2.14. The van der Waals surface area contributed by atoms with Crippen molar-refractivity contribution in [2.24, 2.45) is 10.3 Å².